The van der Waals surface area contributed by atoms with E-state index in [9.17, 15) is 4.39 Å². The molecular formula is C26H21FN6. The molecule has 0 spiro atoms. The van der Waals surface area contributed by atoms with Gasteiger partial charge in [-0.3, -0.25) is 9.97 Å². The van der Waals surface area contributed by atoms with Crippen molar-refractivity contribution >= 4 is 16.9 Å². The zero-order valence-electron chi connectivity index (χ0n) is 18.2. The lowest BCUT2D eigenvalue weighted by Crippen LogP contribution is -2.04. The van der Waals surface area contributed by atoms with Crippen molar-refractivity contribution in [3.63, 3.8) is 0 Å². The maximum Gasteiger partial charge on any atom is 0.154 e. The van der Waals surface area contributed by atoms with Crippen LogP contribution in [-0.4, -0.2) is 24.9 Å². The van der Waals surface area contributed by atoms with Gasteiger partial charge in [0.1, 0.15) is 11.3 Å². The maximum atomic E-state index is 14.8. The lowest BCUT2D eigenvalue weighted by molar-refractivity contribution is 0.629. The standard InChI is InChI=1S/C26H21FN6/c1-16-11-19(5-8-28-16)21-4-3-18(13-22(21)27)14-32-26-25-23(7-10-30-26)33-24(15-31-25)20-6-9-29-17(2)12-20/h3-13,15H,14H2,1-2H3,(H,30,32). The molecule has 0 radical (unpaired) electrons. The van der Waals surface area contributed by atoms with Gasteiger partial charge in [-0.2, -0.15) is 0 Å². The van der Waals surface area contributed by atoms with Crippen LogP contribution in [0.15, 0.2) is 73.3 Å². The van der Waals surface area contributed by atoms with Crippen LogP contribution < -0.4 is 5.32 Å². The Balaban J connectivity index is 1.38. The molecule has 4 aromatic heterocycles. The van der Waals surface area contributed by atoms with Gasteiger partial charge in [0.05, 0.1) is 17.4 Å². The summed E-state index contributed by atoms with van der Waals surface area (Å²) in [6.45, 7) is 4.24. The molecule has 0 aliphatic rings. The predicted molar refractivity (Wildman–Crippen MR) is 127 cm³/mol. The van der Waals surface area contributed by atoms with Gasteiger partial charge >= 0.3 is 0 Å². The largest absolute Gasteiger partial charge is 0.364 e. The summed E-state index contributed by atoms with van der Waals surface area (Å²) in [5.41, 5.74) is 7.07. The van der Waals surface area contributed by atoms with Gasteiger partial charge in [-0.15, -0.1) is 0 Å². The first-order chi connectivity index (χ1) is 16.1. The average molecular weight is 436 g/mol. The molecule has 7 heteroatoms. The van der Waals surface area contributed by atoms with Crippen molar-refractivity contribution in [2.45, 2.75) is 20.4 Å². The molecule has 0 aliphatic heterocycles. The molecule has 5 rings (SSSR count). The number of halogens is 1. The van der Waals surface area contributed by atoms with Crippen LogP contribution in [0, 0.1) is 19.7 Å². The molecule has 33 heavy (non-hydrogen) atoms. The lowest BCUT2D eigenvalue weighted by Gasteiger charge is -2.10. The molecule has 0 amide bonds. The number of aryl methyl sites for hydroxylation is 2. The van der Waals surface area contributed by atoms with E-state index in [4.69, 9.17) is 4.98 Å². The normalized spacial score (nSPS) is 11.0. The second-order valence-corrected chi connectivity index (χ2v) is 7.82. The van der Waals surface area contributed by atoms with E-state index < -0.39 is 0 Å². The number of hydrogen-bond donors (Lipinski definition) is 1. The van der Waals surface area contributed by atoms with E-state index in [1.54, 1.807) is 36.9 Å². The number of aromatic nitrogens is 5. The quantitative estimate of drug-likeness (QED) is 0.391. The summed E-state index contributed by atoms with van der Waals surface area (Å²) in [5, 5.41) is 3.27. The van der Waals surface area contributed by atoms with Crippen molar-refractivity contribution in [3.8, 4) is 22.4 Å². The highest BCUT2D eigenvalue weighted by Crippen LogP contribution is 2.25. The molecule has 0 bridgehead atoms. The van der Waals surface area contributed by atoms with Crippen molar-refractivity contribution in [3.05, 3.63) is 96.1 Å². The Morgan fingerprint density at radius 3 is 2.27 bits per heavy atom. The van der Waals surface area contributed by atoms with E-state index in [-0.39, 0.29) is 5.82 Å². The summed E-state index contributed by atoms with van der Waals surface area (Å²) in [6, 6.07) is 14.6. The molecule has 0 saturated heterocycles. The number of benzene rings is 1. The fourth-order valence-corrected chi connectivity index (χ4v) is 3.72. The van der Waals surface area contributed by atoms with Crippen LogP contribution in [0.4, 0.5) is 10.2 Å². The Labute approximate surface area is 190 Å². The summed E-state index contributed by atoms with van der Waals surface area (Å²) < 4.78 is 14.8. The molecule has 6 nitrogen and oxygen atoms in total. The Kier molecular flexibility index (Phi) is 5.44. The highest BCUT2D eigenvalue weighted by atomic mass is 19.1. The Bertz CT molecular complexity index is 1470. The fourth-order valence-electron chi connectivity index (χ4n) is 3.72. The van der Waals surface area contributed by atoms with E-state index in [0.29, 0.717) is 23.4 Å². The topological polar surface area (TPSA) is 76.5 Å². The van der Waals surface area contributed by atoms with Gasteiger partial charge in [0, 0.05) is 47.7 Å². The van der Waals surface area contributed by atoms with Crippen molar-refractivity contribution in [1.29, 1.82) is 0 Å². The van der Waals surface area contributed by atoms with Gasteiger partial charge in [-0.05, 0) is 61.4 Å². The number of rotatable bonds is 5. The molecule has 0 unspecified atom stereocenters. The number of nitrogens with one attached hydrogen (secondary N) is 1. The van der Waals surface area contributed by atoms with Gasteiger partial charge in [-0.1, -0.05) is 12.1 Å². The third-order valence-corrected chi connectivity index (χ3v) is 5.35. The van der Waals surface area contributed by atoms with Crippen LogP contribution in [0.25, 0.3) is 33.4 Å². The van der Waals surface area contributed by atoms with E-state index in [1.807, 2.05) is 50.2 Å². The summed E-state index contributed by atoms with van der Waals surface area (Å²) in [7, 11) is 0. The van der Waals surface area contributed by atoms with Gasteiger partial charge in [0.15, 0.2) is 5.82 Å². The lowest BCUT2D eigenvalue weighted by atomic mass is 10.0. The smallest absolute Gasteiger partial charge is 0.154 e. The van der Waals surface area contributed by atoms with Crippen molar-refractivity contribution in [2.75, 3.05) is 5.32 Å². The van der Waals surface area contributed by atoms with Crippen LogP contribution in [0.3, 0.4) is 0 Å². The average Bonchev–Trinajstić information content (AvgIpc) is 2.82. The number of hydrogen-bond acceptors (Lipinski definition) is 6. The summed E-state index contributed by atoms with van der Waals surface area (Å²) >= 11 is 0. The first kappa shape index (κ1) is 20.6. The first-order valence-electron chi connectivity index (χ1n) is 10.6. The third-order valence-electron chi connectivity index (χ3n) is 5.35. The number of nitrogens with zero attached hydrogens (tertiary/aromatic N) is 5. The molecule has 5 aromatic rings. The SMILES string of the molecule is Cc1cc(-c2cnc3c(NCc4ccc(-c5ccnc(C)c5)c(F)c4)nccc3n2)ccn1. The van der Waals surface area contributed by atoms with E-state index >= 15 is 0 Å². The molecule has 0 fully saturated rings. The minimum Gasteiger partial charge on any atom is -0.364 e. The molecule has 0 atom stereocenters. The van der Waals surface area contributed by atoms with Gasteiger partial charge in [0.2, 0.25) is 0 Å². The van der Waals surface area contributed by atoms with Gasteiger partial charge in [0.25, 0.3) is 0 Å². The zero-order chi connectivity index (χ0) is 22.8. The summed E-state index contributed by atoms with van der Waals surface area (Å²) in [6.07, 6.45) is 6.87. The van der Waals surface area contributed by atoms with E-state index in [2.05, 4.69) is 25.3 Å². The highest BCUT2D eigenvalue weighted by molar-refractivity contribution is 5.86. The number of pyridine rings is 3. The predicted octanol–water partition coefficient (Wildman–Crippen LogP) is 5.52. The minimum absolute atomic E-state index is 0.275. The van der Waals surface area contributed by atoms with Crippen LogP contribution in [0.2, 0.25) is 0 Å². The molecule has 0 aliphatic carbocycles. The fraction of sp³-hybridized carbons (Fsp3) is 0.115. The van der Waals surface area contributed by atoms with E-state index in [0.717, 1.165) is 39.3 Å². The molecule has 1 N–H and O–H groups in total. The van der Waals surface area contributed by atoms with Gasteiger partial charge in [-0.25, -0.2) is 19.3 Å². The zero-order valence-corrected chi connectivity index (χ0v) is 18.2. The van der Waals surface area contributed by atoms with Crippen LogP contribution in [0.5, 0.6) is 0 Å². The van der Waals surface area contributed by atoms with Crippen LogP contribution >= 0.6 is 0 Å². The second kappa shape index (κ2) is 8.70. The highest BCUT2D eigenvalue weighted by Gasteiger charge is 2.10. The Morgan fingerprint density at radius 1 is 0.788 bits per heavy atom. The van der Waals surface area contributed by atoms with Crippen LogP contribution in [-0.2, 0) is 6.54 Å². The monoisotopic (exact) mass is 436 g/mol. The summed E-state index contributed by atoms with van der Waals surface area (Å²) in [4.78, 5) is 22.1. The first-order valence-corrected chi connectivity index (χ1v) is 10.6. The molecule has 162 valence electrons. The molecule has 0 saturated carbocycles. The maximum absolute atomic E-state index is 14.8. The summed E-state index contributed by atoms with van der Waals surface area (Å²) in [5.74, 6) is 0.328. The molecule has 4 heterocycles. The van der Waals surface area contributed by atoms with Crippen LogP contribution in [0.1, 0.15) is 17.0 Å². The van der Waals surface area contributed by atoms with Crippen molar-refractivity contribution in [2.24, 2.45) is 0 Å². The second-order valence-electron chi connectivity index (χ2n) is 7.82. The Hall–Kier alpha value is -4.26. The Morgan fingerprint density at radius 2 is 1.52 bits per heavy atom. The minimum atomic E-state index is -0.275. The van der Waals surface area contributed by atoms with Gasteiger partial charge < -0.3 is 5.32 Å². The van der Waals surface area contributed by atoms with Crippen molar-refractivity contribution < 1.29 is 4.39 Å². The molecule has 1 aromatic carbocycles. The van der Waals surface area contributed by atoms with E-state index in [1.165, 1.54) is 0 Å². The number of anilines is 1. The number of fused-ring (bicyclic) bond motifs is 1. The third kappa shape index (κ3) is 4.39. The molecular weight excluding hydrogens is 415 g/mol. The van der Waals surface area contributed by atoms with Crippen molar-refractivity contribution in [1.82, 2.24) is 24.9 Å².